The first-order valence-electron chi connectivity index (χ1n) is 11.3. The van der Waals surface area contributed by atoms with Crippen LogP contribution in [0.4, 0.5) is 0 Å². The molecule has 0 radical (unpaired) electrons. The van der Waals surface area contributed by atoms with E-state index in [1.54, 1.807) is 0 Å². The van der Waals surface area contributed by atoms with Crippen molar-refractivity contribution in [3.63, 3.8) is 0 Å². The van der Waals surface area contributed by atoms with Crippen LogP contribution in [-0.2, 0) is 10.8 Å². The molecule has 1 aromatic rings. The van der Waals surface area contributed by atoms with Crippen molar-refractivity contribution in [3.8, 4) is 5.75 Å². The van der Waals surface area contributed by atoms with Gasteiger partial charge in [-0.05, 0) is 54.6 Å². The zero-order valence-corrected chi connectivity index (χ0v) is 20.9. The summed E-state index contributed by atoms with van der Waals surface area (Å²) in [6.07, 6.45) is 3.25. The van der Waals surface area contributed by atoms with Gasteiger partial charge in [0.2, 0.25) is 6.85 Å². The summed E-state index contributed by atoms with van der Waals surface area (Å²) >= 11 is 0. The van der Waals surface area contributed by atoms with Crippen LogP contribution in [0.3, 0.4) is 0 Å². The topological polar surface area (TPSA) is 12.5 Å². The van der Waals surface area contributed by atoms with Gasteiger partial charge in [0.1, 0.15) is 5.75 Å². The molecule has 0 bridgehead atoms. The van der Waals surface area contributed by atoms with E-state index in [4.69, 9.17) is 4.65 Å². The third-order valence-electron chi connectivity index (χ3n) is 5.65. The summed E-state index contributed by atoms with van der Waals surface area (Å²) in [4.78, 5) is 0. The van der Waals surface area contributed by atoms with Gasteiger partial charge in [0.15, 0.2) is 0 Å². The molecule has 0 amide bonds. The molecule has 0 saturated heterocycles. The van der Waals surface area contributed by atoms with Gasteiger partial charge in [-0.3, -0.25) is 0 Å². The molecule has 158 valence electrons. The van der Waals surface area contributed by atoms with Crippen LogP contribution in [0.1, 0.15) is 94.2 Å². The summed E-state index contributed by atoms with van der Waals surface area (Å²) < 4.78 is 9.59. The molecule has 1 rings (SSSR count). The van der Waals surface area contributed by atoms with Crippen molar-refractivity contribution in [2.75, 3.05) is 0 Å². The largest absolute Gasteiger partial charge is 0.546 e. The van der Waals surface area contributed by atoms with Gasteiger partial charge in [0.25, 0.3) is 0 Å². The Balaban J connectivity index is 3.57. The van der Waals surface area contributed by atoms with Crippen molar-refractivity contribution < 1.29 is 4.65 Å². The minimum atomic E-state index is 0.0381. The highest BCUT2D eigenvalue weighted by atomic mass is 16.4. The lowest BCUT2D eigenvalue weighted by Gasteiger charge is -2.44. The van der Waals surface area contributed by atoms with Crippen molar-refractivity contribution in [1.29, 1.82) is 0 Å². The standard InChI is InChI=1S/C24H45B2NO/c1-13-25(14-2)27(24(10,11)12)26(15-3)28-21-19(22(4,5)6)17-16-18-20(21)23(7,8)9/h16-18H,13-15H2,1-12H3. The van der Waals surface area contributed by atoms with Crippen molar-refractivity contribution in [2.24, 2.45) is 0 Å². The van der Waals surface area contributed by atoms with Crippen LogP contribution >= 0.6 is 0 Å². The first-order chi connectivity index (χ1) is 12.7. The fourth-order valence-electron chi connectivity index (χ4n) is 4.21. The molecule has 0 fully saturated rings. The van der Waals surface area contributed by atoms with Crippen molar-refractivity contribution in [2.45, 2.75) is 118 Å². The maximum absolute atomic E-state index is 6.98. The van der Waals surface area contributed by atoms with E-state index in [2.05, 4.69) is 106 Å². The Labute approximate surface area is 177 Å². The molecular weight excluding hydrogens is 340 g/mol. The molecule has 0 spiro atoms. The van der Waals surface area contributed by atoms with Gasteiger partial charge < -0.3 is 9.38 Å². The second kappa shape index (κ2) is 9.28. The van der Waals surface area contributed by atoms with Crippen molar-refractivity contribution in [3.05, 3.63) is 29.3 Å². The maximum Gasteiger partial charge on any atom is 0.437 e. The molecule has 0 aromatic heterocycles. The van der Waals surface area contributed by atoms with Crippen LogP contribution in [0, 0.1) is 0 Å². The normalized spacial score (nSPS) is 13.0. The predicted molar refractivity (Wildman–Crippen MR) is 129 cm³/mol. The highest BCUT2D eigenvalue weighted by Crippen LogP contribution is 2.40. The number of hydrogen-bond acceptors (Lipinski definition) is 2. The van der Waals surface area contributed by atoms with E-state index >= 15 is 0 Å². The SMILES string of the molecule is CCB(CC)N(B(CC)Oc1c(C(C)(C)C)cccc1C(C)(C)C)C(C)(C)C. The zero-order chi connectivity index (χ0) is 21.9. The van der Waals surface area contributed by atoms with Gasteiger partial charge in [0.05, 0.1) is 0 Å². The molecule has 0 N–H and O–H groups in total. The molecular formula is C24H45B2NO. The fourth-order valence-corrected chi connectivity index (χ4v) is 4.21. The van der Waals surface area contributed by atoms with Gasteiger partial charge >= 0.3 is 7.05 Å². The van der Waals surface area contributed by atoms with Crippen molar-refractivity contribution >= 4 is 13.9 Å². The molecule has 0 aliphatic carbocycles. The molecule has 0 heterocycles. The van der Waals surface area contributed by atoms with E-state index < -0.39 is 0 Å². The lowest BCUT2D eigenvalue weighted by molar-refractivity contribution is 0.317. The Kier molecular flexibility index (Phi) is 8.34. The van der Waals surface area contributed by atoms with E-state index in [9.17, 15) is 0 Å². The van der Waals surface area contributed by atoms with Gasteiger partial charge in [-0.1, -0.05) is 93.2 Å². The monoisotopic (exact) mass is 385 g/mol. The average Bonchev–Trinajstić information content (AvgIpc) is 2.54. The van der Waals surface area contributed by atoms with Crippen molar-refractivity contribution in [1.82, 2.24) is 4.72 Å². The number of hydrogen-bond donors (Lipinski definition) is 0. The second-order valence-corrected chi connectivity index (χ2v) is 11.2. The molecule has 0 atom stereocenters. The predicted octanol–water partition coefficient (Wildman–Crippen LogP) is 7.30. The van der Waals surface area contributed by atoms with E-state index in [1.807, 2.05) is 0 Å². The van der Waals surface area contributed by atoms with Crippen LogP contribution in [0.5, 0.6) is 5.75 Å². The highest BCUT2D eigenvalue weighted by Gasteiger charge is 2.40. The molecule has 0 unspecified atom stereocenters. The van der Waals surface area contributed by atoms with Gasteiger partial charge in [-0.2, -0.15) is 0 Å². The van der Waals surface area contributed by atoms with Crippen LogP contribution in [0.25, 0.3) is 0 Å². The summed E-state index contributed by atoms with van der Waals surface area (Å²) in [6, 6.07) is 6.68. The molecule has 0 aliphatic heterocycles. The number of rotatable bonds is 7. The Morgan fingerprint density at radius 3 is 1.46 bits per heavy atom. The highest BCUT2D eigenvalue weighted by molar-refractivity contribution is 6.70. The lowest BCUT2D eigenvalue weighted by atomic mass is 9.47. The molecule has 2 nitrogen and oxygen atoms in total. The van der Waals surface area contributed by atoms with Gasteiger partial charge in [-0.25, -0.2) is 0 Å². The summed E-state index contributed by atoms with van der Waals surface area (Å²) in [7, 11) is 0.0644. The molecule has 0 aliphatic rings. The van der Waals surface area contributed by atoms with E-state index in [0.717, 1.165) is 24.7 Å². The molecule has 28 heavy (non-hydrogen) atoms. The van der Waals surface area contributed by atoms with Gasteiger partial charge in [-0.15, -0.1) is 0 Å². The number of nitrogens with zero attached hydrogens (tertiary/aromatic N) is 1. The summed E-state index contributed by atoms with van der Waals surface area (Å²) in [5, 5.41) is 0. The second-order valence-electron chi connectivity index (χ2n) is 11.2. The van der Waals surface area contributed by atoms with Crippen LogP contribution < -0.4 is 4.65 Å². The van der Waals surface area contributed by atoms with Crippen LogP contribution in [0.15, 0.2) is 18.2 Å². The number of para-hydroxylation sites is 1. The summed E-state index contributed by atoms with van der Waals surface area (Å²) in [5.41, 5.74) is 2.73. The first-order valence-corrected chi connectivity index (χ1v) is 11.3. The smallest absolute Gasteiger partial charge is 0.437 e. The Bertz CT molecular complexity index is 587. The molecule has 4 heteroatoms. The van der Waals surface area contributed by atoms with Crippen LogP contribution in [-0.4, -0.2) is 24.2 Å². The van der Waals surface area contributed by atoms with Gasteiger partial charge in [0, 0.05) is 0 Å². The Morgan fingerprint density at radius 2 is 1.18 bits per heavy atom. The minimum Gasteiger partial charge on any atom is -0.546 e. The fraction of sp³-hybridized carbons (Fsp3) is 0.750. The van der Waals surface area contributed by atoms with E-state index in [-0.39, 0.29) is 23.4 Å². The van der Waals surface area contributed by atoms with E-state index in [0.29, 0.717) is 6.85 Å². The molecule has 1 aromatic carbocycles. The zero-order valence-electron chi connectivity index (χ0n) is 20.9. The van der Waals surface area contributed by atoms with Crippen LogP contribution in [0.2, 0.25) is 19.0 Å². The first kappa shape index (κ1) is 25.1. The third kappa shape index (κ3) is 6.05. The van der Waals surface area contributed by atoms with E-state index in [1.165, 1.54) is 11.1 Å². The Hall–Kier alpha value is -0.890. The quantitative estimate of drug-likeness (QED) is 0.457. The summed E-state index contributed by atoms with van der Waals surface area (Å²) in [5.74, 6) is 1.09. The Morgan fingerprint density at radius 1 is 0.750 bits per heavy atom. The lowest BCUT2D eigenvalue weighted by Crippen LogP contribution is -2.60. The minimum absolute atomic E-state index is 0.0381. The summed E-state index contributed by atoms with van der Waals surface area (Å²) in [6.45, 7) is 28.0. The molecule has 0 saturated carbocycles. The maximum atomic E-state index is 6.98. The number of benzene rings is 1. The third-order valence-corrected chi connectivity index (χ3v) is 5.65. The average molecular weight is 385 g/mol.